The molecule has 0 N–H and O–H groups in total. The molecule has 13 heavy (non-hydrogen) atoms. The number of allylic oxidation sites excluding steroid dienone is 1. The average molecular weight is 178 g/mol. The molecule has 1 radical (unpaired) electrons. The zero-order chi connectivity index (χ0) is 8.93. The standard InChI is InChI=1S/C12H20N/c1-2-4-6-11(5-3-1)12-7-9-13-10-8-12/h7,9,11-12H,1-6,8,10H2. The fourth-order valence-corrected chi connectivity index (χ4v) is 2.70. The van der Waals surface area contributed by atoms with Crippen molar-refractivity contribution in [2.24, 2.45) is 11.8 Å². The summed E-state index contributed by atoms with van der Waals surface area (Å²) in [7, 11) is 0. The van der Waals surface area contributed by atoms with Crippen molar-refractivity contribution in [1.82, 2.24) is 5.32 Å². The minimum atomic E-state index is 0.857. The van der Waals surface area contributed by atoms with Crippen molar-refractivity contribution < 1.29 is 0 Å². The molecule has 1 unspecified atom stereocenters. The lowest BCUT2D eigenvalue weighted by molar-refractivity contribution is 0.324. The maximum absolute atomic E-state index is 4.27. The summed E-state index contributed by atoms with van der Waals surface area (Å²) >= 11 is 0. The highest BCUT2D eigenvalue weighted by Crippen LogP contribution is 2.32. The van der Waals surface area contributed by atoms with Crippen LogP contribution < -0.4 is 5.32 Å². The first-order valence-electron chi connectivity index (χ1n) is 5.80. The molecule has 0 saturated heterocycles. The van der Waals surface area contributed by atoms with Crippen LogP contribution in [0.5, 0.6) is 0 Å². The number of hydrogen-bond acceptors (Lipinski definition) is 0. The summed E-state index contributed by atoms with van der Waals surface area (Å²) in [4.78, 5) is 0. The quantitative estimate of drug-likeness (QED) is 0.548. The van der Waals surface area contributed by atoms with Gasteiger partial charge in [-0.1, -0.05) is 31.8 Å². The summed E-state index contributed by atoms with van der Waals surface area (Å²) in [6.07, 6.45) is 14.5. The van der Waals surface area contributed by atoms with Crippen LogP contribution in [0.4, 0.5) is 0 Å². The van der Waals surface area contributed by atoms with Crippen molar-refractivity contribution in [3.05, 3.63) is 12.3 Å². The predicted molar refractivity (Wildman–Crippen MR) is 55.4 cm³/mol. The maximum atomic E-state index is 4.27. The third kappa shape index (κ3) is 2.49. The second-order valence-corrected chi connectivity index (χ2v) is 4.45. The van der Waals surface area contributed by atoms with E-state index in [4.69, 9.17) is 0 Å². The molecule has 2 aliphatic rings. The van der Waals surface area contributed by atoms with Crippen molar-refractivity contribution in [2.75, 3.05) is 6.54 Å². The third-order valence-corrected chi connectivity index (χ3v) is 3.54. The lowest BCUT2D eigenvalue weighted by Gasteiger charge is -2.25. The topological polar surface area (TPSA) is 14.1 Å². The molecule has 1 heteroatoms. The molecule has 0 aromatic rings. The molecule has 0 amide bonds. The molecule has 1 nitrogen and oxygen atoms in total. The summed E-state index contributed by atoms with van der Waals surface area (Å²) in [5.74, 6) is 1.84. The van der Waals surface area contributed by atoms with Crippen LogP contribution in [0, 0.1) is 11.8 Å². The van der Waals surface area contributed by atoms with Gasteiger partial charge < -0.3 is 0 Å². The van der Waals surface area contributed by atoms with Crippen molar-refractivity contribution in [3.8, 4) is 0 Å². The summed E-state index contributed by atoms with van der Waals surface area (Å²) < 4.78 is 0. The van der Waals surface area contributed by atoms with Crippen molar-refractivity contribution in [3.63, 3.8) is 0 Å². The van der Waals surface area contributed by atoms with E-state index in [1.54, 1.807) is 0 Å². The molecule has 0 aromatic heterocycles. The fraction of sp³-hybridized carbons (Fsp3) is 0.833. The van der Waals surface area contributed by atoms with E-state index in [0.29, 0.717) is 0 Å². The molecule has 1 atom stereocenters. The Morgan fingerprint density at radius 2 is 1.69 bits per heavy atom. The van der Waals surface area contributed by atoms with Gasteiger partial charge in [-0.2, -0.15) is 0 Å². The van der Waals surface area contributed by atoms with Gasteiger partial charge in [0.1, 0.15) is 0 Å². The zero-order valence-corrected chi connectivity index (χ0v) is 8.41. The molecule has 2 rings (SSSR count). The highest BCUT2D eigenvalue weighted by Gasteiger charge is 2.21. The van der Waals surface area contributed by atoms with Crippen molar-refractivity contribution in [2.45, 2.75) is 44.9 Å². The van der Waals surface area contributed by atoms with Crippen molar-refractivity contribution >= 4 is 0 Å². The van der Waals surface area contributed by atoms with Crippen LogP contribution in [-0.2, 0) is 0 Å². The smallest absolute Gasteiger partial charge is 0.0394 e. The van der Waals surface area contributed by atoms with Gasteiger partial charge in [-0.3, -0.25) is 5.32 Å². The lowest BCUT2D eigenvalue weighted by atomic mass is 9.83. The second kappa shape index (κ2) is 4.69. The van der Waals surface area contributed by atoms with Crippen LogP contribution in [-0.4, -0.2) is 6.54 Å². The van der Waals surface area contributed by atoms with E-state index in [-0.39, 0.29) is 0 Å². The molecule has 73 valence electrons. The Labute approximate surface area is 81.6 Å². The highest BCUT2D eigenvalue weighted by atomic mass is 14.8. The van der Waals surface area contributed by atoms with Crippen LogP contribution >= 0.6 is 0 Å². The fourth-order valence-electron chi connectivity index (χ4n) is 2.70. The SMILES string of the molecule is C1=CC(C2CCCCCC2)CC[N]1. The Morgan fingerprint density at radius 1 is 0.923 bits per heavy atom. The zero-order valence-electron chi connectivity index (χ0n) is 8.41. The van der Waals surface area contributed by atoms with Crippen LogP contribution in [0.3, 0.4) is 0 Å². The summed E-state index contributed by atoms with van der Waals surface area (Å²) in [6, 6.07) is 0. The summed E-state index contributed by atoms with van der Waals surface area (Å²) in [5, 5.41) is 4.27. The van der Waals surface area contributed by atoms with Gasteiger partial charge in [0.15, 0.2) is 0 Å². The normalized spacial score (nSPS) is 30.9. The van der Waals surface area contributed by atoms with Crippen LogP contribution in [0.1, 0.15) is 44.9 Å². The molecule has 1 aliphatic carbocycles. The third-order valence-electron chi connectivity index (χ3n) is 3.54. The number of hydrogen-bond donors (Lipinski definition) is 0. The van der Waals surface area contributed by atoms with E-state index in [1.807, 2.05) is 6.20 Å². The second-order valence-electron chi connectivity index (χ2n) is 4.45. The monoisotopic (exact) mass is 178 g/mol. The van der Waals surface area contributed by atoms with E-state index in [0.717, 1.165) is 18.4 Å². The van der Waals surface area contributed by atoms with Gasteiger partial charge >= 0.3 is 0 Å². The lowest BCUT2D eigenvalue weighted by Crippen LogP contribution is -2.19. The molecule has 0 bridgehead atoms. The molecule has 1 fully saturated rings. The van der Waals surface area contributed by atoms with Gasteiger partial charge in [-0.25, -0.2) is 0 Å². The van der Waals surface area contributed by atoms with Crippen LogP contribution in [0.25, 0.3) is 0 Å². The summed E-state index contributed by atoms with van der Waals surface area (Å²) in [6.45, 7) is 1.07. The molecular weight excluding hydrogens is 158 g/mol. The average Bonchev–Trinajstić information content (AvgIpc) is 2.47. The highest BCUT2D eigenvalue weighted by molar-refractivity contribution is 4.94. The van der Waals surface area contributed by atoms with Crippen LogP contribution in [0.2, 0.25) is 0 Å². The van der Waals surface area contributed by atoms with Crippen molar-refractivity contribution in [1.29, 1.82) is 0 Å². The molecule has 0 aromatic carbocycles. The summed E-state index contributed by atoms with van der Waals surface area (Å²) in [5.41, 5.74) is 0. The Balaban J connectivity index is 1.89. The molecular formula is C12H20N. The first-order valence-corrected chi connectivity index (χ1v) is 5.80. The van der Waals surface area contributed by atoms with Gasteiger partial charge in [-0.15, -0.1) is 0 Å². The van der Waals surface area contributed by atoms with Gasteiger partial charge in [0.25, 0.3) is 0 Å². The Bertz CT molecular complexity index is 166. The number of rotatable bonds is 1. The minimum Gasteiger partial charge on any atom is -0.293 e. The first kappa shape index (κ1) is 9.11. The number of nitrogens with zero attached hydrogens (tertiary/aromatic N) is 1. The van der Waals surface area contributed by atoms with E-state index < -0.39 is 0 Å². The largest absolute Gasteiger partial charge is 0.293 e. The van der Waals surface area contributed by atoms with E-state index >= 15 is 0 Å². The molecule has 1 heterocycles. The van der Waals surface area contributed by atoms with E-state index in [9.17, 15) is 0 Å². The maximum Gasteiger partial charge on any atom is 0.0394 e. The Morgan fingerprint density at radius 3 is 2.31 bits per heavy atom. The van der Waals surface area contributed by atoms with Gasteiger partial charge in [0.05, 0.1) is 0 Å². The van der Waals surface area contributed by atoms with Gasteiger partial charge in [-0.05, 0) is 31.1 Å². The predicted octanol–water partition coefficient (Wildman–Crippen LogP) is 3.09. The molecule has 1 saturated carbocycles. The Hall–Kier alpha value is -0.460. The van der Waals surface area contributed by atoms with E-state index in [1.165, 1.54) is 44.9 Å². The van der Waals surface area contributed by atoms with Crippen LogP contribution in [0.15, 0.2) is 12.3 Å². The molecule has 0 spiro atoms. The van der Waals surface area contributed by atoms with Gasteiger partial charge in [0.2, 0.25) is 0 Å². The minimum absolute atomic E-state index is 0.857. The first-order chi connectivity index (χ1) is 6.47. The van der Waals surface area contributed by atoms with E-state index in [2.05, 4.69) is 11.4 Å². The van der Waals surface area contributed by atoms with Gasteiger partial charge in [0, 0.05) is 12.7 Å². The molecule has 1 aliphatic heterocycles. The Kier molecular flexibility index (Phi) is 3.28.